The van der Waals surface area contributed by atoms with E-state index < -0.39 is 0 Å². The fourth-order valence-electron chi connectivity index (χ4n) is 3.31. The van der Waals surface area contributed by atoms with Gasteiger partial charge in [-0.1, -0.05) is 48.5 Å². The molecule has 1 heterocycles. The van der Waals surface area contributed by atoms with E-state index in [0.717, 1.165) is 16.9 Å². The van der Waals surface area contributed by atoms with Gasteiger partial charge in [0.15, 0.2) is 5.78 Å². The summed E-state index contributed by atoms with van der Waals surface area (Å²) >= 11 is 0. The van der Waals surface area contributed by atoms with Gasteiger partial charge >= 0.3 is 0 Å². The first-order valence-electron chi connectivity index (χ1n) is 8.27. The average Bonchev–Trinajstić information content (AvgIpc) is 2.62. The number of nitrogen functional groups attached to an aromatic ring is 1. The number of hydrogen-bond acceptors (Lipinski definition) is 5. The van der Waals surface area contributed by atoms with Gasteiger partial charge in [0.25, 0.3) is 0 Å². The Balaban J connectivity index is 1.72. The number of carbonyl (C=O) groups is 1. The lowest BCUT2D eigenvalue weighted by atomic mass is 9.82. The zero-order valence-corrected chi connectivity index (χ0v) is 13.6. The molecule has 0 saturated carbocycles. The van der Waals surface area contributed by atoms with Crippen molar-refractivity contribution in [1.82, 2.24) is 9.97 Å². The van der Waals surface area contributed by atoms with Crippen LogP contribution in [0.4, 0.5) is 17.5 Å². The largest absolute Gasteiger partial charge is 0.368 e. The molecule has 0 unspecified atom stereocenters. The molecule has 5 nitrogen and oxygen atoms in total. The van der Waals surface area contributed by atoms with Gasteiger partial charge in [-0.25, -0.2) is 4.98 Å². The summed E-state index contributed by atoms with van der Waals surface area (Å²) < 4.78 is 0. The Bertz CT molecular complexity index is 910. The number of nitrogens with one attached hydrogen (secondary N) is 1. The third-order valence-corrected chi connectivity index (χ3v) is 4.46. The number of ketones is 1. The van der Waals surface area contributed by atoms with E-state index in [9.17, 15) is 4.79 Å². The van der Waals surface area contributed by atoms with Crippen LogP contribution in [0, 0.1) is 0 Å². The van der Waals surface area contributed by atoms with E-state index in [-0.39, 0.29) is 17.6 Å². The van der Waals surface area contributed by atoms with Crippen LogP contribution in [-0.4, -0.2) is 15.8 Å². The van der Waals surface area contributed by atoms with Gasteiger partial charge in [0.1, 0.15) is 5.82 Å². The van der Waals surface area contributed by atoms with E-state index in [1.807, 2.05) is 48.5 Å². The molecule has 0 fully saturated rings. The first-order valence-corrected chi connectivity index (χ1v) is 8.27. The molecule has 0 saturated heterocycles. The number of anilines is 3. The number of nitrogens with two attached hydrogens (primary N) is 1. The van der Waals surface area contributed by atoms with Crippen molar-refractivity contribution in [2.45, 2.75) is 18.8 Å². The van der Waals surface area contributed by atoms with E-state index in [2.05, 4.69) is 27.4 Å². The van der Waals surface area contributed by atoms with Gasteiger partial charge in [-0.15, -0.1) is 0 Å². The number of aromatic nitrogens is 2. The molecular formula is C20H18N4O. The first kappa shape index (κ1) is 15.3. The average molecular weight is 330 g/mol. The van der Waals surface area contributed by atoms with Gasteiger partial charge in [0.05, 0.1) is 11.3 Å². The van der Waals surface area contributed by atoms with Crippen LogP contribution in [-0.2, 0) is 6.42 Å². The van der Waals surface area contributed by atoms with Gasteiger partial charge in [-0.3, -0.25) is 4.79 Å². The van der Waals surface area contributed by atoms with Crippen molar-refractivity contribution in [2.24, 2.45) is 0 Å². The van der Waals surface area contributed by atoms with E-state index >= 15 is 0 Å². The summed E-state index contributed by atoms with van der Waals surface area (Å²) in [4.78, 5) is 21.4. The predicted molar refractivity (Wildman–Crippen MR) is 98.0 cm³/mol. The molecule has 0 spiro atoms. The molecule has 1 aliphatic carbocycles. The summed E-state index contributed by atoms with van der Waals surface area (Å²) in [5, 5.41) is 3.21. The minimum absolute atomic E-state index is 0.0496. The number of nitrogens with zero attached hydrogens (tertiary/aromatic N) is 2. The molecule has 0 bridgehead atoms. The summed E-state index contributed by atoms with van der Waals surface area (Å²) in [6.45, 7) is 0. The number of para-hydroxylation sites is 1. The second kappa shape index (κ2) is 6.36. The third-order valence-electron chi connectivity index (χ3n) is 4.46. The lowest BCUT2D eigenvalue weighted by Gasteiger charge is -2.25. The molecular weight excluding hydrogens is 312 g/mol. The molecule has 1 atom stereocenters. The molecule has 4 rings (SSSR count). The van der Waals surface area contributed by atoms with Crippen LogP contribution in [0.1, 0.15) is 34.0 Å². The molecule has 1 aromatic heterocycles. The van der Waals surface area contributed by atoms with Crippen molar-refractivity contribution in [3.05, 3.63) is 77.5 Å². The molecule has 2 aromatic carbocycles. The van der Waals surface area contributed by atoms with E-state index in [1.54, 1.807) is 0 Å². The Morgan fingerprint density at radius 2 is 1.60 bits per heavy atom. The fourth-order valence-corrected chi connectivity index (χ4v) is 3.31. The van der Waals surface area contributed by atoms with Crippen LogP contribution < -0.4 is 11.1 Å². The highest BCUT2D eigenvalue weighted by molar-refractivity contribution is 6.03. The molecule has 0 aliphatic heterocycles. The highest BCUT2D eigenvalue weighted by Gasteiger charge is 2.30. The zero-order chi connectivity index (χ0) is 17.2. The second-order valence-corrected chi connectivity index (χ2v) is 6.18. The quantitative estimate of drug-likeness (QED) is 0.765. The van der Waals surface area contributed by atoms with Gasteiger partial charge < -0.3 is 11.1 Å². The van der Waals surface area contributed by atoms with Crippen LogP contribution >= 0.6 is 0 Å². The minimum Gasteiger partial charge on any atom is -0.368 e. The van der Waals surface area contributed by atoms with Crippen molar-refractivity contribution >= 4 is 23.2 Å². The molecule has 1 aliphatic rings. The zero-order valence-electron chi connectivity index (χ0n) is 13.6. The number of fused-ring (bicyclic) bond motifs is 1. The van der Waals surface area contributed by atoms with Crippen LogP contribution in [0.3, 0.4) is 0 Å². The molecule has 0 radical (unpaired) electrons. The number of hydrogen-bond donors (Lipinski definition) is 2. The van der Waals surface area contributed by atoms with E-state index in [4.69, 9.17) is 5.73 Å². The molecule has 3 aromatic rings. The third kappa shape index (κ3) is 3.08. The summed E-state index contributed by atoms with van der Waals surface area (Å²) in [5.74, 6) is 0.845. The monoisotopic (exact) mass is 330 g/mol. The van der Waals surface area contributed by atoms with E-state index in [0.29, 0.717) is 24.2 Å². The standard InChI is InChI=1S/C20H18N4O/c21-20-23-16-11-14(13-7-3-1-4-8-13)12-17(25)18(16)19(24-20)22-15-9-5-2-6-10-15/h1-10,14H,11-12H2,(H3,21,22,23,24)/t14-/m1/s1. The minimum atomic E-state index is 0.0496. The SMILES string of the molecule is Nc1nc2c(c(Nc3ccccc3)n1)C(=O)C[C@H](c1ccccc1)C2. The van der Waals surface area contributed by atoms with Crippen molar-refractivity contribution in [1.29, 1.82) is 0 Å². The summed E-state index contributed by atoms with van der Waals surface area (Å²) in [7, 11) is 0. The van der Waals surface area contributed by atoms with Gasteiger partial charge in [0, 0.05) is 12.1 Å². The second-order valence-electron chi connectivity index (χ2n) is 6.18. The Kier molecular flexibility index (Phi) is 3.90. The highest BCUT2D eigenvalue weighted by atomic mass is 16.1. The molecule has 124 valence electrons. The number of carbonyl (C=O) groups excluding carboxylic acids is 1. The van der Waals surface area contributed by atoms with Crippen LogP contribution in [0.5, 0.6) is 0 Å². The Morgan fingerprint density at radius 3 is 2.32 bits per heavy atom. The van der Waals surface area contributed by atoms with Gasteiger partial charge in [-0.2, -0.15) is 4.98 Å². The molecule has 0 amide bonds. The number of Topliss-reactive ketones (excluding diaryl/α,β-unsaturated/α-hetero) is 1. The molecule has 5 heteroatoms. The van der Waals surface area contributed by atoms with Crippen LogP contribution in [0.15, 0.2) is 60.7 Å². The first-order chi connectivity index (χ1) is 12.2. The fraction of sp³-hybridized carbons (Fsp3) is 0.150. The maximum Gasteiger partial charge on any atom is 0.222 e. The van der Waals surface area contributed by atoms with E-state index in [1.165, 1.54) is 0 Å². The van der Waals surface area contributed by atoms with Crippen molar-refractivity contribution in [3.8, 4) is 0 Å². The van der Waals surface area contributed by atoms with Crippen molar-refractivity contribution in [2.75, 3.05) is 11.1 Å². The topological polar surface area (TPSA) is 80.9 Å². The summed E-state index contributed by atoms with van der Waals surface area (Å²) in [6.07, 6.45) is 1.13. The predicted octanol–water partition coefficient (Wildman–Crippen LogP) is 3.72. The van der Waals surface area contributed by atoms with Crippen LogP contribution in [0.25, 0.3) is 0 Å². The molecule has 25 heavy (non-hydrogen) atoms. The summed E-state index contributed by atoms with van der Waals surface area (Å²) in [6, 6.07) is 19.7. The lowest BCUT2D eigenvalue weighted by Crippen LogP contribution is -2.23. The smallest absolute Gasteiger partial charge is 0.222 e. The van der Waals surface area contributed by atoms with Gasteiger partial charge in [0.2, 0.25) is 5.95 Å². The Hall–Kier alpha value is -3.21. The maximum absolute atomic E-state index is 12.8. The van der Waals surface area contributed by atoms with Crippen molar-refractivity contribution < 1.29 is 4.79 Å². The number of rotatable bonds is 3. The normalized spacial score (nSPS) is 16.3. The van der Waals surface area contributed by atoms with Crippen molar-refractivity contribution in [3.63, 3.8) is 0 Å². The van der Waals surface area contributed by atoms with Crippen LogP contribution in [0.2, 0.25) is 0 Å². The summed E-state index contributed by atoms with van der Waals surface area (Å²) in [5.41, 5.74) is 9.18. The van der Waals surface area contributed by atoms with Gasteiger partial charge in [-0.05, 0) is 30.0 Å². The Labute approximate surface area is 145 Å². The maximum atomic E-state index is 12.8. The Morgan fingerprint density at radius 1 is 0.920 bits per heavy atom. The number of benzene rings is 2. The molecule has 3 N–H and O–H groups in total. The lowest BCUT2D eigenvalue weighted by molar-refractivity contribution is 0.0964. The highest BCUT2D eigenvalue weighted by Crippen LogP contribution is 2.35.